The van der Waals surface area contributed by atoms with Crippen LogP contribution < -0.4 is 9.62 Å². The summed E-state index contributed by atoms with van der Waals surface area (Å²) in [6.07, 6.45) is 3.48. The molecular weight excluding hydrogens is 288 g/mol. The van der Waals surface area contributed by atoms with Gasteiger partial charge in [-0.1, -0.05) is 12.1 Å². The molecule has 6 nitrogen and oxygen atoms in total. The smallest absolute Gasteiger partial charge is 0.267 e. The van der Waals surface area contributed by atoms with E-state index in [-0.39, 0.29) is 10.9 Å². The highest BCUT2D eigenvalue weighted by Crippen LogP contribution is 2.34. The molecule has 7 heteroatoms. The van der Waals surface area contributed by atoms with Crippen LogP contribution in [0.25, 0.3) is 0 Å². The van der Waals surface area contributed by atoms with Crippen LogP contribution in [0.4, 0.5) is 5.69 Å². The van der Waals surface area contributed by atoms with Gasteiger partial charge in [-0.15, -0.1) is 0 Å². The predicted octanol–water partition coefficient (Wildman–Crippen LogP) is 1.44. The molecular formula is C14H18N4O2S. The van der Waals surface area contributed by atoms with Crippen molar-refractivity contribution in [2.24, 2.45) is 0 Å². The summed E-state index contributed by atoms with van der Waals surface area (Å²) < 4.78 is 26.6. The van der Waals surface area contributed by atoms with Gasteiger partial charge in [0.25, 0.3) is 10.0 Å². The fraction of sp³-hybridized carbons (Fsp3) is 0.357. The minimum atomic E-state index is -3.52. The van der Waals surface area contributed by atoms with E-state index < -0.39 is 10.0 Å². The van der Waals surface area contributed by atoms with Crippen molar-refractivity contribution < 1.29 is 8.42 Å². The van der Waals surface area contributed by atoms with Crippen molar-refractivity contribution in [3.05, 3.63) is 41.7 Å². The highest BCUT2D eigenvalue weighted by atomic mass is 32.2. The largest absolute Gasteiger partial charge is 0.313 e. The molecule has 21 heavy (non-hydrogen) atoms. The van der Waals surface area contributed by atoms with E-state index in [2.05, 4.69) is 28.5 Å². The summed E-state index contributed by atoms with van der Waals surface area (Å²) in [5, 5.41) is 9.47. The molecule has 1 aromatic heterocycles. The number of benzene rings is 1. The Bertz CT molecular complexity index is 740. The monoisotopic (exact) mass is 306 g/mol. The normalized spacial score (nSPS) is 16.0. The third kappa shape index (κ3) is 2.32. The highest BCUT2D eigenvalue weighted by molar-refractivity contribution is 7.92. The molecule has 2 N–H and O–H groups in total. The minimum absolute atomic E-state index is 0.197. The fourth-order valence-electron chi connectivity index (χ4n) is 2.58. The quantitative estimate of drug-likeness (QED) is 0.896. The minimum Gasteiger partial charge on any atom is -0.313 e. The fourth-order valence-corrected chi connectivity index (χ4v) is 4.00. The summed E-state index contributed by atoms with van der Waals surface area (Å²) >= 11 is 0. The maximum atomic E-state index is 12.6. The van der Waals surface area contributed by atoms with E-state index in [1.165, 1.54) is 22.3 Å². The van der Waals surface area contributed by atoms with Crippen LogP contribution in [0.3, 0.4) is 0 Å². The SMILES string of the molecule is CNC(C)c1ccc2c(c1)CCN2S(=O)(=O)c1cn[nH]c1. The number of nitrogens with one attached hydrogen (secondary N) is 2. The lowest BCUT2D eigenvalue weighted by atomic mass is 10.0. The van der Waals surface area contributed by atoms with Crippen LogP contribution in [-0.2, 0) is 16.4 Å². The number of rotatable bonds is 4. The third-order valence-electron chi connectivity index (χ3n) is 3.95. The van der Waals surface area contributed by atoms with Crippen molar-refractivity contribution in [3.63, 3.8) is 0 Å². The Morgan fingerprint density at radius 1 is 1.43 bits per heavy atom. The molecule has 0 saturated carbocycles. The van der Waals surface area contributed by atoms with Gasteiger partial charge < -0.3 is 5.32 Å². The molecule has 0 fully saturated rings. The number of hydrogen-bond donors (Lipinski definition) is 2. The molecule has 0 bridgehead atoms. The second-order valence-corrected chi connectivity index (χ2v) is 7.02. The number of aromatic amines is 1. The van der Waals surface area contributed by atoms with Crippen molar-refractivity contribution in [2.45, 2.75) is 24.3 Å². The van der Waals surface area contributed by atoms with Gasteiger partial charge in [-0.2, -0.15) is 5.10 Å². The second kappa shape index (κ2) is 5.16. The van der Waals surface area contributed by atoms with E-state index >= 15 is 0 Å². The first-order valence-electron chi connectivity index (χ1n) is 6.85. The molecule has 112 valence electrons. The van der Waals surface area contributed by atoms with Crippen molar-refractivity contribution in [2.75, 3.05) is 17.9 Å². The molecule has 0 spiro atoms. The van der Waals surface area contributed by atoms with Crippen LogP contribution in [0.2, 0.25) is 0 Å². The molecule has 3 rings (SSSR count). The van der Waals surface area contributed by atoms with Crippen molar-refractivity contribution in [1.82, 2.24) is 15.5 Å². The molecule has 0 aliphatic carbocycles. The maximum absolute atomic E-state index is 12.6. The Morgan fingerprint density at radius 2 is 2.24 bits per heavy atom. The van der Waals surface area contributed by atoms with Crippen LogP contribution in [0, 0.1) is 0 Å². The van der Waals surface area contributed by atoms with Crippen LogP contribution in [0.15, 0.2) is 35.5 Å². The number of nitrogens with zero attached hydrogens (tertiary/aromatic N) is 2. The zero-order valence-corrected chi connectivity index (χ0v) is 12.8. The van der Waals surface area contributed by atoms with Crippen LogP contribution >= 0.6 is 0 Å². The van der Waals surface area contributed by atoms with Gasteiger partial charge in [-0.3, -0.25) is 9.40 Å². The van der Waals surface area contributed by atoms with Gasteiger partial charge in [0, 0.05) is 18.8 Å². The zero-order valence-electron chi connectivity index (χ0n) is 12.0. The summed E-state index contributed by atoms with van der Waals surface area (Å²) in [6, 6.07) is 6.20. The van der Waals surface area contributed by atoms with Gasteiger partial charge in [-0.25, -0.2) is 8.42 Å². The Kier molecular flexibility index (Phi) is 3.46. The summed E-state index contributed by atoms with van der Waals surface area (Å²) in [6.45, 7) is 2.55. The number of sulfonamides is 1. The molecule has 2 aromatic rings. The predicted molar refractivity (Wildman–Crippen MR) is 80.7 cm³/mol. The molecule has 1 aromatic carbocycles. The van der Waals surface area contributed by atoms with Crippen molar-refractivity contribution in [1.29, 1.82) is 0 Å². The maximum Gasteiger partial charge on any atom is 0.267 e. The number of fused-ring (bicyclic) bond motifs is 1. The molecule has 1 aliphatic heterocycles. The van der Waals surface area contributed by atoms with Gasteiger partial charge in [0.1, 0.15) is 4.90 Å². The second-order valence-electron chi connectivity index (χ2n) is 5.16. The van der Waals surface area contributed by atoms with Crippen LogP contribution in [0.5, 0.6) is 0 Å². The Hall–Kier alpha value is -1.86. The molecule has 1 unspecified atom stereocenters. The van der Waals surface area contributed by atoms with Crippen molar-refractivity contribution in [3.8, 4) is 0 Å². The lowest BCUT2D eigenvalue weighted by Crippen LogP contribution is -2.28. The average molecular weight is 306 g/mol. The molecule has 1 atom stereocenters. The topological polar surface area (TPSA) is 78.1 Å². The van der Waals surface area contributed by atoms with Gasteiger partial charge in [-0.05, 0) is 37.6 Å². The van der Waals surface area contributed by atoms with Crippen LogP contribution in [0.1, 0.15) is 24.1 Å². The van der Waals surface area contributed by atoms with Gasteiger partial charge >= 0.3 is 0 Å². The molecule has 0 amide bonds. The summed E-state index contributed by atoms with van der Waals surface area (Å²) in [4.78, 5) is 0.197. The number of H-pyrrole nitrogens is 1. The van der Waals surface area contributed by atoms with Gasteiger partial charge in [0.15, 0.2) is 0 Å². The van der Waals surface area contributed by atoms with Crippen molar-refractivity contribution >= 4 is 15.7 Å². The van der Waals surface area contributed by atoms with Gasteiger partial charge in [0.2, 0.25) is 0 Å². The average Bonchev–Trinajstić information content (AvgIpc) is 3.15. The lowest BCUT2D eigenvalue weighted by molar-refractivity contribution is 0.592. The van der Waals surface area contributed by atoms with E-state index in [0.29, 0.717) is 6.54 Å². The first-order chi connectivity index (χ1) is 10.0. The molecule has 0 saturated heterocycles. The molecule has 2 heterocycles. The number of anilines is 1. The molecule has 0 radical (unpaired) electrons. The Morgan fingerprint density at radius 3 is 2.90 bits per heavy atom. The zero-order chi connectivity index (χ0) is 15.0. The first kappa shape index (κ1) is 14.1. The van der Waals surface area contributed by atoms with E-state index in [1.807, 2.05) is 19.2 Å². The summed E-state index contributed by atoms with van der Waals surface area (Å²) in [7, 11) is -1.61. The third-order valence-corrected chi connectivity index (χ3v) is 5.73. The van der Waals surface area contributed by atoms with Gasteiger partial charge in [0.05, 0.1) is 11.9 Å². The van der Waals surface area contributed by atoms with E-state index in [1.54, 1.807) is 0 Å². The van der Waals surface area contributed by atoms with E-state index in [0.717, 1.165) is 17.7 Å². The summed E-state index contributed by atoms with van der Waals surface area (Å²) in [5.74, 6) is 0. The Labute approximate surface area is 124 Å². The highest BCUT2D eigenvalue weighted by Gasteiger charge is 2.31. The van der Waals surface area contributed by atoms with Crippen LogP contribution in [-0.4, -0.2) is 32.2 Å². The lowest BCUT2D eigenvalue weighted by Gasteiger charge is -2.19. The number of hydrogen-bond acceptors (Lipinski definition) is 4. The Balaban J connectivity index is 1.98. The summed E-state index contributed by atoms with van der Waals surface area (Å²) in [5.41, 5.74) is 3.00. The van der Waals surface area contributed by atoms with E-state index in [4.69, 9.17) is 0 Å². The number of aromatic nitrogens is 2. The first-order valence-corrected chi connectivity index (χ1v) is 8.29. The van der Waals surface area contributed by atoms with E-state index in [9.17, 15) is 8.42 Å². The standard InChI is InChI=1S/C14H18N4O2S/c1-10(15-2)11-3-4-14-12(7-11)5-6-18(14)21(19,20)13-8-16-17-9-13/h3-4,7-10,15H,5-6H2,1-2H3,(H,16,17). The molecule has 1 aliphatic rings.